The Morgan fingerprint density at radius 2 is 1.70 bits per heavy atom. The van der Waals surface area contributed by atoms with E-state index in [0.717, 1.165) is 5.56 Å². The number of nitriles is 1. The van der Waals surface area contributed by atoms with E-state index in [-0.39, 0.29) is 19.8 Å². The molecule has 0 aliphatic carbocycles. The number of hydrogen-bond donors (Lipinski definition) is 4. The van der Waals surface area contributed by atoms with Crippen molar-refractivity contribution in [1.82, 2.24) is 4.98 Å². The molecule has 0 atom stereocenters. The number of aliphatic hydroxyl groups is 2. The molecule has 0 saturated carbocycles. The summed E-state index contributed by atoms with van der Waals surface area (Å²) < 4.78 is 10.3. The van der Waals surface area contributed by atoms with Crippen molar-refractivity contribution < 1.29 is 19.7 Å². The van der Waals surface area contributed by atoms with Crippen molar-refractivity contribution in [2.75, 3.05) is 63.4 Å². The van der Waals surface area contributed by atoms with Crippen LogP contribution in [0.3, 0.4) is 0 Å². The molecular weight excluding hydrogens is 300 g/mol. The fourth-order valence-corrected chi connectivity index (χ4v) is 1.86. The SMILES string of the molecule is Cc1cc(NCCOCCO)nc(NCCOCCO)c1C#N. The lowest BCUT2D eigenvalue weighted by atomic mass is 10.1. The first-order chi connectivity index (χ1) is 11.2. The minimum Gasteiger partial charge on any atom is -0.394 e. The Balaban J connectivity index is 2.58. The van der Waals surface area contributed by atoms with Crippen LogP contribution in [0.25, 0.3) is 0 Å². The van der Waals surface area contributed by atoms with Gasteiger partial charge in [-0.05, 0) is 18.6 Å². The largest absolute Gasteiger partial charge is 0.394 e. The number of aryl methyl sites for hydroxylation is 1. The lowest BCUT2D eigenvalue weighted by Gasteiger charge is -2.13. The van der Waals surface area contributed by atoms with Gasteiger partial charge in [0.2, 0.25) is 0 Å². The molecule has 0 spiro atoms. The average molecular weight is 324 g/mol. The van der Waals surface area contributed by atoms with Crippen molar-refractivity contribution in [1.29, 1.82) is 5.26 Å². The predicted molar refractivity (Wildman–Crippen MR) is 86.5 cm³/mol. The van der Waals surface area contributed by atoms with E-state index >= 15 is 0 Å². The maximum atomic E-state index is 9.25. The van der Waals surface area contributed by atoms with Crippen LogP contribution in [0.4, 0.5) is 11.6 Å². The zero-order chi connectivity index (χ0) is 16.9. The fourth-order valence-electron chi connectivity index (χ4n) is 1.86. The smallest absolute Gasteiger partial charge is 0.146 e. The highest BCUT2D eigenvalue weighted by Gasteiger charge is 2.09. The quantitative estimate of drug-likeness (QED) is 0.400. The Hall–Kier alpha value is -1.92. The van der Waals surface area contributed by atoms with E-state index in [1.54, 1.807) is 6.07 Å². The zero-order valence-electron chi connectivity index (χ0n) is 13.3. The first-order valence-corrected chi connectivity index (χ1v) is 7.49. The molecule has 0 aliphatic rings. The van der Waals surface area contributed by atoms with Crippen LogP contribution in [0.15, 0.2) is 6.07 Å². The van der Waals surface area contributed by atoms with Crippen LogP contribution in [0.1, 0.15) is 11.1 Å². The number of nitrogens with one attached hydrogen (secondary N) is 2. The van der Waals surface area contributed by atoms with Gasteiger partial charge in [-0.25, -0.2) is 4.98 Å². The van der Waals surface area contributed by atoms with E-state index in [1.165, 1.54) is 0 Å². The van der Waals surface area contributed by atoms with Gasteiger partial charge in [0, 0.05) is 13.1 Å². The Labute approximate surface area is 136 Å². The van der Waals surface area contributed by atoms with Crippen LogP contribution in [-0.4, -0.2) is 67.9 Å². The number of ether oxygens (including phenoxy) is 2. The molecule has 1 heterocycles. The first-order valence-electron chi connectivity index (χ1n) is 7.49. The van der Waals surface area contributed by atoms with Crippen LogP contribution in [0.5, 0.6) is 0 Å². The van der Waals surface area contributed by atoms with Crippen molar-refractivity contribution in [3.05, 3.63) is 17.2 Å². The molecule has 0 saturated heterocycles. The van der Waals surface area contributed by atoms with E-state index in [2.05, 4.69) is 21.7 Å². The van der Waals surface area contributed by atoms with Crippen LogP contribution < -0.4 is 10.6 Å². The molecule has 1 aromatic heterocycles. The lowest BCUT2D eigenvalue weighted by molar-refractivity contribution is 0.0991. The van der Waals surface area contributed by atoms with Gasteiger partial charge >= 0.3 is 0 Å². The third-order valence-electron chi connectivity index (χ3n) is 2.89. The third kappa shape index (κ3) is 7.25. The maximum Gasteiger partial charge on any atom is 0.146 e. The summed E-state index contributed by atoms with van der Waals surface area (Å²) >= 11 is 0. The van der Waals surface area contributed by atoms with Crippen LogP contribution in [-0.2, 0) is 9.47 Å². The number of rotatable bonds is 12. The molecule has 4 N–H and O–H groups in total. The Morgan fingerprint density at radius 3 is 2.26 bits per heavy atom. The van der Waals surface area contributed by atoms with Gasteiger partial charge in [-0.15, -0.1) is 0 Å². The average Bonchev–Trinajstić information content (AvgIpc) is 2.54. The summed E-state index contributed by atoms with van der Waals surface area (Å²) in [5.41, 5.74) is 1.31. The molecule has 8 heteroatoms. The fraction of sp³-hybridized carbons (Fsp3) is 0.600. The molecule has 0 unspecified atom stereocenters. The van der Waals surface area contributed by atoms with E-state index < -0.39 is 0 Å². The molecule has 0 aliphatic heterocycles. The second kappa shape index (κ2) is 11.6. The number of pyridine rings is 1. The molecular formula is C15H24N4O4. The number of aromatic nitrogens is 1. The van der Waals surface area contributed by atoms with Crippen molar-refractivity contribution in [2.24, 2.45) is 0 Å². The van der Waals surface area contributed by atoms with Crippen LogP contribution in [0.2, 0.25) is 0 Å². The highest BCUT2D eigenvalue weighted by molar-refractivity contribution is 5.60. The summed E-state index contributed by atoms with van der Waals surface area (Å²) in [7, 11) is 0. The monoisotopic (exact) mass is 324 g/mol. The summed E-state index contributed by atoms with van der Waals surface area (Å²) in [6.45, 7) is 4.34. The number of aliphatic hydroxyl groups excluding tert-OH is 2. The minimum atomic E-state index is -0.0153. The minimum absolute atomic E-state index is 0.000640. The summed E-state index contributed by atoms with van der Waals surface area (Å²) in [5.74, 6) is 1.15. The number of anilines is 2. The van der Waals surface area contributed by atoms with Gasteiger partial charge in [-0.1, -0.05) is 0 Å². The van der Waals surface area contributed by atoms with E-state index in [9.17, 15) is 5.26 Å². The standard InChI is InChI=1S/C15H24N4O4/c1-12-10-14(17-2-6-22-8-4-20)19-15(13(12)11-16)18-3-7-23-9-5-21/h10,20-21H,2-9H2,1H3,(H2,17,18,19). The van der Waals surface area contributed by atoms with Gasteiger partial charge < -0.3 is 30.3 Å². The molecule has 0 radical (unpaired) electrons. The third-order valence-corrected chi connectivity index (χ3v) is 2.89. The van der Waals surface area contributed by atoms with Crippen molar-refractivity contribution in [2.45, 2.75) is 6.92 Å². The van der Waals surface area contributed by atoms with Crippen molar-refractivity contribution >= 4 is 11.6 Å². The summed E-state index contributed by atoms with van der Waals surface area (Å²) in [6.07, 6.45) is 0. The Morgan fingerprint density at radius 1 is 1.09 bits per heavy atom. The van der Waals surface area contributed by atoms with E-state index in [1.807, 2.05) is 6.92 Å². The molecule has 0 amide bonds. The normalized spacial score (nSPS) is 10.3. The molecule has 23 heavy (non-hydrogen) atoms. The molecule has 0 aromatic carbocycles. The maximum absolute atomic E-state index is 9.25. The first kappa shape index (κ1) is 19.1. The zero-order valence-corrected chi connectivity index (χ0v) is 13.3. The summed E-state index contributed by atoms with van der Waals surface area (Å²) in [5, 5.41) is 32.7. The molecule has 1 aromatic rings. The van der Waals surface area contributed by atoms with Gasteiger partial charge in [-0.2, -0.15) is 5.26 Å². The second-order valence-corrected chi connectivity index (χ2v) is 4.69. The summed E-state index contributed by atoms with van der Waals surface area (Å²) in [4.78, 5) is 4.39. The van der Waals surface area contributed by atoms with Gasteiger partial charge in [0.1, 0.15) is 17.7 Å². The van der Waals surface area contributed by atoms with Crippen molar-refractivity contribution in [3.8, 4) is 6.07 Å². The molecule has 0 fully saturated rings. The Bertz CT molecular complexity index is 505. The van der Waals surface area contributed by atoms with Gasteiger partial charge in [0.15, 0.2) is 0 Å². The van der Waals surface area contributed by atoms with Gasteiger partial charge in [0.25, 0.3) is 0 Å². The van der Waals surface area contributed by atoms with E-state index in [4.69, 9.17) is 19.7 Å². The number of nitrogens with zero attached hydrogens (tertiary/aromatic N) is 2. The van der Waals surface area contributed by atoms with Gasteiger partial charge in [-0.3, -0.25) is 0 Å². The molecule has 0 bridgehead atoms. The van der Waals surface area contributed by atoms with Crippen LogP contribution in [0, 0.1) is 18.3 Å². The summed E-state index contributed by atoms with van der Waals surface area (Å²) in [6, 6.07) is 3.94. The molecule has 128 valence electrons. The molecule has 1 rings (SSSR count). The topological polar surface area (TPSA) is 120 Å². The lowest BCUT2D eigenvalue weighted by Crippen LogP contribution is -2.15. The second-order valence-electron chi connectivity index (χ2n) is 4.69. The Kier molecular flexibility index (Phi) is 9.66. The highest BCUT2D eigenvalue weighted by Crippen LogP contribution is 2.20. The predicted octanol–water partition coefficient (Wildman–Crippen LogP) is 0.103. The van der Waals surface area contributed by atoms with Gasteiger partial charge in [0.05, 0.1) is 45.2 Å². The van der Waals surface area contributed by atoms with E-state index in [0.29, 0.717) is 50.1 Å². The van der Waals surface area contributed by atoms with Crippen LogP contribution >= 0.6 is 0 Å². The van der Waals surface area contributed by atoms with Crippen molar-refractivity contribution in [3.63, 3.8) is 0 Å². The molecule has 8 nitrogen and oxygen atoms in total. The highest BCUT2D eigenvalue weighted by atomic mass is 16.5. The number of hydrogen-bond acceptors (Lipinski definition) is 8.